The summed E-state index contributed by atoms with van der Waals surface area (Å²) in [4.78, 5) is 29.1. The van der Waals surface area contributed by atoms with Gasteiger partial charge in [0.1, 0.15) is 5.76 Å². The number of methoxy groups -OCH3 is 1. The number of aromatic nitrogens is 2. The Hall–Kier alpha value is -3.68. The Morgan fingerprint density at radius 2 is 1.93 bits per heavy atom. The number of carbonyl (C=O) groups is 2. The molecular weight excluding hydrogens is 350 g/mol. The smallest absolute Gasteiger partial charge is 0.340 e. The highest BCUT2D eigenvalue weighted by molar-refractivity contribution is 5.97. The first-order valence-corrected chi connectivity index (χ1v) is 8.07. The highest BCUT2D eigenvalue weighted by Crippen LogP contribution is 2.22. The SMILES string of the molecule is COc1ccc(C(=O)OC(C(=O)Nc2cc(C)on2)c2ccccc2)cn1. The van der Waals surface area contributed by atoms with E-state index in [1.807, 2.05) is 0 Å². The van der Waals surface area contributed by atoms with E-state index in [1.165, 1.54) is 25.4 Å². The number of ether oxygens (including phenoxy) is 2. The van der Waals surface area contributed by atoms with Crippen molar-refractivity contribution in [3.05, 3.63) is 71.6 Å². The van der Waals surface area contributed by atoms with Crippen molar-refractivity contribution in [1.82, 2.24) is 10.1 Å². The maximum Gasteiger partial charge on any atom is 0.340 e. The van der Waals surface area contributed by atoms with Crippen molar-refractivity contribution in [2.24, 2.45) is 0 Å². The zero-order chi connectivity index (χ0) is 19.2. The van der Waals surface area contributed by atoms with Crippen LogP contribution in [0.25, 0.3) is 0 Å². The van der Waals surface area contributed by atoms with Crippen LogP contribution in [-0.2, 0) is 9.53 Å². The third-order valence-electron chi connectivity index (χ3n) is 3.63. The van der Waals surface area contributed by atoms with Gasteiger partial charge in [-0.3, -0.25) is 4.79 Å². The summed E-state index contributed by atoms with van der Waals surface area (Å²) in [6.45, 7) is 1.70. The molecule has 0 spiro atoms. The van der Waals surface area contributed by atoms with Gasteiger partial charge in [-0.1, -0.05) is 35.5 Å². The van der Waals surface area contributed by atoms with Crippen LogP contribution in [0.4, 0.5) is 5.82 Å². The van der Waals surface area contributed by atoms with Crippen LogP contribution >= 0.6 is 0 Å². The fourth-order valence-electron chi connectivity index (χ4n) is 2.31. The monoisotopic (exact) mass is 367 g/mol. The number of carbonyl (C=O) groups excluding carboxylic acids is 2. The second kappa shape index (κ2) is 8.13. The molecule has 0 aliphatic heterocycles. The highest BCUT2D eigenvalue weighted by Gasteiger charge is 2.26. The van der Waals surface area contributed by atoms with Gasteiger partial charge in [0, 0.05) is 23.9 Å². The van der Waals surface area contributed by atoms with Gasteiger partial charge in [-0.15, -0.1) is 0 Å². The van der Waals surface area contributed by atoms with Gasteiger partial charge in [0.05, 0.1) is 12.7 Å². The normalized spacial score (nSPS) is 11.5. The van der Waals surface area contributed by atoms with Gasteiger partial charge in [0.15, 0.2) is 5.82 Å². The number of pyridine rings is 1. The van der Waals surface area contributed by atoms with Crippen molar-refractivity contribution in [2.75, 3.05) is 12.4 Å². The lowest BCUT2D eigenvalue weighted by Gasteiger charge is -2.17. The maximum absolute atomic E-state index is 12.7. The zero-order valence-corrected chi connectivity index (χ0v) is 14.7. The van der Waals surface area contributed by atoms with E-state index in [4.69, 9.17) is 14.0 Å². The lowest BCUT2D eigenvalue weighted by molar-refractivity contribution is -0.125. The van der Waals surface area contributed by atoms with Gasteiger partial charge in [-0.25, -0.2) is 9.78 Å². The van der Waals surface area contributed by atoms with Crippen LogP contribution in [0.15, 0.2) is 59.3 Å². The minimum absolute atomic E-state index is 0.196. The second-order valence-electron chi connectivity index (χ2n) is 5.60. The molecule has 0 saturated heterocycles. The van der Waals surface area contributed by atoms with E-state index in [-0.39, 0.29) is 11.4 Å². The van der Waals surface area contributed by atoms with E-state index in [9.17, 15) is 9.59 Å². The first kappa shape index (κ1) is 18.1. The molecule has 1 amide bonds. The van der Waals surface area contributed by atoms with Gasteiger partial charge in [0.25, 0.3) is 5.91 Å². The Kier molecular flexibility index (Phi) is 5.46. The quantitative estimate of drug-likeness (QED) is 0.668. The Morgan fingerprint density at radius 1 is 1.15 bits per heavy atom. The van der Waals surface area contributed by atoms with Crippen LogP contribution in [-0.4, -0.2) is 29.1 Å². The largest absolute Gasteiger partial charge is 0.481 e. The lowest BCUT2D eigenvalue weighted by atomic mass is 10.1. The fourth-order valence-corrected chi connectivity index (χ4v) is 2.31. The molecule has 0 bridgehead atoms. The molecule has 0 fully saturated rings. The molecule has 1 N–H and O–H groups in total. The lowest BCUT2D eigenvalue weighted by Crippen LogP contribution is -2.26. The van der Waals surface area contributed by atoms with Gasteiger partial charge in [-0.2, -0.15) is 0 Å². The number of aryl methyl sites for hydroxylation is 1. The molecule has 2 aromatic heterocycles. The van der Waals surface area contributed by atoms with Crippen molar-refractivity contribution in [3.8, 4) is 5.88 Å². The van der Waals surface area contributed by atoms with Crippen molar-refractivity contribution in [3.63, 3.8) is 0 Å². The van der Waals surface area contributed by atoms with Gasteiger partial charge < -0.3 is 19.3 Å². The van der Waals surface area contributed by atoms with Gasteiger partial charge in [0.2, 0.25) is 12.0 Å². The van der Waals surface area contributed by atoms with Crippen LogP contribution in [0.5, 0.6) is 5.88 Å². The van der Waals surface area contributed by atoms with Crippen molar-refractivity contribution < 1.29 is 23.6 Å². The van der Waals surface area contributed by atoms with Crippen molar-refractivity contribution in [1.29, 1.82) is 0 Å². The van der Waals surface area contributed by atoms with Gasteiger partial charge in [-0.05, 0) is 13.0 Å². The molecule has 0 aliphatic rings. The number of hydrogen-bond donors (Lipinski definition) is 1. The van der Waals surface area contributed by atoms with Crippen LogP contribution in [0, 0.1) is 6.92 Å². The number of nitrogens with zero attached hydrogens (tertiary/aromatic N) is 2. The van der Waals surface area contributed by atoms with Crippen LogP contribution in [0.3, 0.4) is 0 Å². The van der Waals surface area contributed by atoms with E-state index in [0.717, 1.165) is 0 Å². The Morgan fingerprint density at radius 3 is 2.52 bits per heavy atom. The van der Waals surface area contributed by atoms with Crippen LogP contribution in [0.2, 0.25) is 0 Å². The topological polar surface area (TPSA) is 104 Å². The molecule has 0 aliphatic carbocycles. The van der Waals surface area contributed by atoms with E-state index >= 15 is 0 Å². The number of hydrogen-bond acceptors (Lipinski definition) is 7. The molecule has 1 unspecified atom stereocenters. The number of amides is 1. The van der Waals surface area contributed by atoms with E-state index in [2.05, 4.69) is 15.5 Å². The van der Waals surface area contributed by atoms with Crippen molar-refractivity contribution >= 4 is 17.7 Å². The molecule has 0 saturated carbocycles. The van der Waals surface area contributed by atoms with E-state index in [0.29, 0.717) is 17.2 Å². The number of benzene rings is 1. The average molecular weight is 367 g/mol. The molecule has 3 rings (SSSR count). The van der Waals surface area contributed by atoms with Gasteiger partial charge >= 0.3 is 5.97 Å². The standard InChI is InChI=1S/C19H17N3O5/c1-12-10-15(22-27-12)21-18(23)17(13-6-4-3-5-7-13)26-19(24)14-8-9-16(25-2)20-11-14/h3-11,17H,1-2H3,(H,21,22,23). The minimum Gasteiger partial charge on any atom is -0.481 e. The molecule has 8 nitrogen and oxygen atoms in total. The third kappa shape index (κ3) is 4.49. The molecule has 1 atom stereocenters. The summed E-state index contributed by atoms with van der Waals surface area (Å²) < 4.78 is 15.3. The minimum atomic E-state index is -1.17. The zero-order valence-electron chi connectivity index (χ0n) is 14.7. The predicted molar refractivity (Wildman–Crippen MR) is 95.3 cm³/mol. The molecule has 0 radical (unpaired) electrons. The summed E-state index contributed by atoms with van der Waals surface area (Å²) in [5.74, 6) is -0.0939. The maximum atomic E-state index is 12.7. The summed E-state index contributed by atoms with van der Waals surface area (Å²) in [6, 6.07) is 13.3. The van der Waals surface area contributed by atoms with Crippen LogP contribution < -0.4 is 10.1 Å². The Bertz CT molecular complexity index is 922. The summed E-state index contributed by atoms with van der Waals surface area (Å²) >= 11 is 0. The second-order valence-corrected chi connectivity index (χ2v) is 5.60. The highest BCUT2D eigenvalue weighted by atomic mass is 16.5. The van der Waals surface area contributed by atoms with E-state index < -0.39 is 18.0 Å². The third-order valence-corrected chi connectivity index (χ3v) is 3.63. The molecule has 27 heavy (non-hydrogen) atoms. The van der Waals surface area contributed by atoms with Crippen molar-refractivity contribution in [2.45, 2.75) is 13.0 Å². The van der Waals surface area contributed by atoms with E-state index in [1.54, 1.807) is 43.3 Å². The number of nitrogens with one attached hydrogen (secondary N) is 1. The summed E-state index contributed by atoms with van der Waals surface area (Å²) in [5.41, 5.74) is 0.715. The molecular formula is C19H17N3O5. The summed E-state index contributed by atoms with van der Waals surface area (Å²) in [5, 5.41) is 6.30. The summed E-state index contributed by atoms with van der Waals surface area (Å²) in [6.07, 6.45) is 0.153. The molecule has 1 aromatic carbocycles. The average Bonchev–Trinajstić information content (AvgIpc) is 3.11. The van der Waals surface area contributed by atoms with Crippen LogP contribution in [0.1, 0.15) is 27.8 Å². The first-order chi connectivity index (χ1) is 13.1. The molecule has 3 aromatic rings. The summed E-state index contributed by atoms with van der Waals surface area (Å²) in [7, 11) is 1.47. The number of rotatable bonds is 6. The number of anilines is 1. The molecule has 138 valence electrons. The number of esters is 1. The predicted octanol–water partition coefficient (Wildman–Crippen LogP) is 2.92. The molecule has 8 heteroatoms. The first-order valence-electron chi connectivity index (χ1n) is 8.07. The molecule has 2 heterocycles. The Labute approximate surface area is 155 Å². The Balaban J connectivity index is 1.81. The fraction of sp³-hybridized carbons (Fsp3) is 0.158.